The number of rotatable bonds is 2. The molecule has 1 heterocycles. The number of aromatic nitrogens is 2. The summed E-state index contributed by atoms with van der Waals surface area (Å²) in [4.78, 5) is 4.59. The summed E-state index contributed by atoms with van der Waals surface area (Å²) in [6.07, 6.45) is 4.72. The van der Waals surface area contributed by atoms with Gasteiger partial charge in [0.1, 0.15) is 11.6 Å². The van der Waals surface area contributed by atoms with E-state index < -0.39 is 0 Å². The molecule has 2 nitrogen and oxygen atoms in total. The van der Waals surface area contributed by atoms with Gasteiger partial charge >= 0.3 is 0 Å². The minimum Gasteiger partial charge on any atom is -0.321 e. The minimum absolute atomic E-state index is 0.0531. The van der Waals surface area contributed by atoms with Gasteiger partial charge in [0.2, 0.25) is 0 Å². The predicted octanol–water partition coefficient (Wildman–Crippen LogP) is 5.07. The Bertz CT molecular complexity index is 654. The van der Waals surface area contributed by atoms with Crippen LogP contribution in [0, 0.1) is 12.7 Å². The van der Waals surface area contributed by atoms with Crippen LogP contribution in [-0.4, -0.2) is 9.55 Å². The van der Waals surface area contributed by atoms with E-state index in [9.17, 15) is 4.39 Å². The van der Waals surface area contributed by atoms with Crippen LogP contribution in [0.5, 0.6) is 0 Å². The van der Waals surface area contributed by atoms with Crippen molar-refractivity contribution in [2.24, 2.45) is 0 Å². The molecule has 1 aromatic carbocycles. The molecule has 1 saturated carbocycles. The van der Waals surface area contributed by atoms with Crippen LogP contribution >= 0.6 is 11.6 Å². The summed E-state index contributed by atoms with van der Waals surface area (Å²) in [5.41, 5.74) is 2.44. The van der Waals surface area contributed by atoms with Crippen molar-refractivity contribution in [3.05, 3.63) is 29.3 Å². The molecule has 0 saturated heterocycles. The van der Waals surface area contributed by atoms with Crippen molar-refractivity contribution < 1.29 is 4.39 Å². The molecule has 1 aliphatic carbocycles. The summed E-state index contributed by atoms with van der Waals surface area (Å²) >= 11 is 6.32. The Morgan fingerprint density at radius 1 is 1.35 bits per heavy atom. The maximum atomic E-state index is 13.8. The zero-order valence-corrected chi connectivity index (χ0v) is 13.0. The molecule has 0 radical (unpaired) electrons. The minimum atomic E-state index is -0.201. The molecular formula is C16H20ClFN2. The van der Waals surface area contributed by atoms with Crippen LogP contribution in [-0.2, 0) is 5.54 Å². The molecule has 20 heavy (non-hydrogen) atoms. The molecule has 1 aliphatic rings. The third kappa shape index (κ3) is 2.03. The number of fused-ring (bicyclic) bond motifs is 1. The standard InChI is InChI=1S/C16H20ClFN2/c1-10-8-14-13(9-12(10)18)19-15(11(2)17)20(14)16(3)6-4-5-7-16/h8-9,11H,4-7H2,1-3H3. The van der Waals surface area contributed by atoms with Gasteiger partial charge in [-0.15, -0.1) is 11.6 Å². The Balaban J connectivity index is 2.31. The first-order chi connectivity index (χ1) is 9.42. The number of halogens is 2. The first-order valence-corrected chi connectivity index (χ1v) is 7.69. The average Bonchev–Trinajstić information content (AvgIpc) is 2.95. The van der Waals surface area contributed by atoms with Crippen LogP contribution in [0.1, 0.15) is 56.3 Å². The van der Waals surface area contributed by atoms with Gasteiger partial charge in [0.25, 0.3) is 0 Å². The van der Waals surface area contributed by atoms with E-state index in [0.29, 0.717) is 11.1 Å². The molecule has 0 bridgehead atoms. The van der Waals surface area contributed by atoms with Gasteiger partial charge in [-0.2, -0.15) is 0 Å². The van der Waals surface area contributed by atoms with Gasteiger partial charge in [0.05, 0.1) is 16.4 Å². The fourth-order valence-electron chi connectivity index (χ4n) is 3.42. The Morgan fingerprint density at radius 2 is 2.00 bits per heavy atom. The number of hydrogen-bond donors (Lipinski definition) is 0. The predicted molar refractivity (Wildman–Crippen MR) is 80.8 cm³/mol. The van der Waals surface area contributed by atoms with Gasteiger partial charge in [-0.1, -0.05) is 12.8 Å². The van der Waals surface area contributed by atoms with Crippen LogP contribution in [0.4, 0.5) is 4.39 Å². The maximum Gasteiger partial charge on any atom is 0.128 e. The number of aryl methyl sites for hydroxylation is 1. The molecule has 1 fully saturated rings. The Hall–Kier alpha value is -1.09. The summed E-state index contributed by atoms with van der Waals surface area (Å²) < 4.78 is 16.0. The van der Waals surface area contributed by atoms with Crippen molar-refractivity contribution in [1.29, 1.82) is 0 Å². The van der Waals surface area contributed by atoms with E-state index in [-0.39, 0.29) is 16.7 Å². The van der Waals surface area contributed by atoms with E-state index in [1.807, 2.05) is 13.0 Å². The average molecular weight is 295 g/mol. The van der Waals surface area contributed by atoms with E-state index in [2.05, 4.69) is 16.5 Å². The lowest BCUT2D eigenvalue weighted by molar-refractivity contribution is 0.328. The van der Waals surface area contributed by atoms with Gasteiger partial charge in [-0.25, -0.2) is 9.37 Å². The highest BCUT2D eigenvalue weighted by molar-refractivity contribution is 6.20. The van der Waals surface area contributed by atoms with E-state index >= 15 is 0 Å². The lowest BCUT2D eigenvalue weighted by Crippen LogP contribution is -2.28. The van der Waals surface area contributed by atoms with Gasteiger partial charge < -0.3 is 4.57 Å². The van der Waals surface area contributed by atoms with E-state index in [1.54, 1.807) is 6.92 Å². The molecule has 0 aliphatic heterocycles. The molecule has 1 aromatic heterocycles. The smallest absolute Gasteiger partial charge is 0.128 e. The van der Waals surface area contributed by atoms with Crippen LogP contribution in [0.15, 0.2) is 12.1 Å². The summed E-state index contributed by atoms with van der Waals surface area (Å²) in [6.45, 7) is 6.00. The normalized spacial score (nSPS) is 19.6. The van der Waals surface area contributed by atoms with Crippen LogP contribution in [0.25, 0.3) is 11.0 Å². The second kappa shape index (κ2) is 4.73. The Labute approximate surface area is 123 Å². The summed E-state index contributed by atoms with van der Waals surface area (Å²) in [6, 6.07) is 3.44. The monoisotopic (exact) mass is 294 g/mol. The number of imidazole rings is 1. The SMILES string of the molecule is Cc1cc2c(cc1F)nc(C(C)Cl)n2C1(C)CCCC1. The lowest BCUT2D eigenvalue weighted by Gasteiger charge is -2.29. The van der Waals surface area contributed by atoms with Crippen molar-refractivity contribution in [2.75, 3.05) is 0 Å². The van der Waals surface area contributed by atoms with Crippen molar-refractivity contribution >= 4 is 22.6 Å². The highest BCUT2D eigenvalue weighted by Crippen LogP contribution is 2.41. The number of hydrogen-bond acceptors (Lipinski definition) is 1. The van der Waals surface area contributed by atoms with Crippen molar-refractivity contribution in [1.82, 2.24) is 9.55 Å². The molecule has 0 amide bonds. The topological polar surface area (TPSA) is 17.8 Å². The summed E-state index contributed by atoms with van der Waals surface area (Å²) in [5.74, 6) is 0.656. The second-order valence-electron chi connectivity index (χ2n) is 6.22. The molecule has 3 rings (SSSR count). The zero-order valence-electron chi connectivity index (χ0n) is 12.2. The number of alkyl halides is 1. The molecule has 0 N–H and O–H groups in total. The molecule has 0 spiro atoms. The third-order valence-corrected chi connectivity index (χ3v) is 4.73. The van der Waals surface area contributed by atoms with Crippen LogP contribution in [0.2, 0.25) is 0 Å². The van der Waals surface area contributed by atoms with Gasteiger partial charge in [0.15, 0.2) is 0 Å². The van der Waals surface area contributed by atoms with Crippen molar-refractivity contribution in [3.8, 4) is 0 Å². The van der Waals surface area contributed by atoms with E-state index in [0.717, 1.165) is 24.2 Å². The largest absolute Gasteiger partial charge is 0.321 e. The molecule has 4 heteroatoms. The second-order valence-corrected chi connectivity index (χ2v) is 6.87. The zero-order chi connectivity index (χ0) is 14.5. The maximum absolute atomic E-state index is 13.8. The summed E-state index contributed by atoms with van der Waals surface area (Å²) in [5, 5.41) is -0.178. The molecule has 1 unspecified atom stereocenters. The molecule has 2 aromatic rings. The first-order valence-electron chi connectivity index (χ1n) is 7.25. The molecular weight excluding hydrogens is 275 g/mol. The fraction of sp³-hybridized carbons (Fsp3) is 0.562. The Kier molecular flexibility index (Phi) is 3.28. The number of benzene rings is 1. The number of nitrogens with zero attached hydrogens (tertiary/aromatic N) is 2. The van der Waals surface area contributed by atoms with Crippen molar-refractivity contribution in [2.45, 2.75) is 57.4 Å². The quantitative estimate of drug-likeness (QED) is 0.707. The highest BCUT2D eigenvalue weighted by atomic mass is 35.5. The fourth-order valence-corrected chi connectivity index (χ4v) is 3.56. The lowest BCUT2D eigenvalue weighted by atomic mass is 9.99. The summed E-state index contributed by atoms with van der Waals surface area (Å²) in [7, 11) is 0. The van der Waals surface area contributed by atoms with Gasteiger partial charge in [0, 0.05) is 11.6 Å². The highest BCUT2D eigenvalue weighted by Gasteiger charge is 2.35. The Morgan fingerprint density at radius 3 is 2.60 bits per heavy atom. The van der Waals surface area contributed by atoms with Gasteiger partial charge in [-0.05, 0) is 45.2 Å². The van der Waals surface area contributed by atoms with E-state index in [1.165, 1.54) is 18.9 Å². The van der Waals surface area contributed by atoms with Crippen LogP contribution < -0.4 is 0 Å². The first kappa shape index (κ1) is 13.9. The molecule has 108 valence electrons. The molecule has 1 atom stereocenters. The van der Waals surface area contributed by atoms with Gasteiger partial charge in [-0.3, -0.25) is 0 Å². The van der Waals surface area contributed by atoms with Crippen LogP contribution in [0.3, 0.4) is 0 Å². The third-order valence-electron chi connectivity index (χ3n) is 4.54. The van der Waals surface area contributed by atoms with E-state index in [4.69, 9.17) is 11.6 Å². The van der Waals surface area contributed by atoms with Crippen molar-refractivity contribution in [3.63, 3.8) is 0 Å².